The van der Waals surface area contributed by atoms with Gasteiger partial charge in [-0.1, -0.05) is 232 Å². The van der Waals surface area contributed by atoms with E-state index in [0.717, 1.165) is 40.7 Å². The minimum atomic E-state index is -1.31. The highest BCUT2D eigenvalue weighted by atomic mass is 14.9. The van der Waals surface area contributed by atoms with E-state index in [-0.39, 0.29) is 5.92 Å². The van der Waals surface area contributed by atoms with Gasteiger partial charge < -0.3 is 0 Å². The molecule has 0 aliphatic rings. The average Bonchev–Trinajstić information content (AvgIpc) is 0.823. The molecule has 0 unspecified atom stereocenters. The molecule has 4 heterocycles. The molecule has 4 nitrogen and oxygen atoms in total. The number of pyridine rings is 4. The summed E-state index contributed by atoms with van der Waals surface area (Å²) in [5, 5.41) is 0. The minimum absolute atomic E-state index is 0.0585. The predicted molar refractivity (Wildman–Crippen MR) is 407 cm³/mol. The van der Waals surface area contributed by atoms with E-state index in [0.29, 0.717) is 11.3 Å². The Balaban J connectivity index is 0.000000154. The van der Waals surface area contributed by atoms with Gasteiger partial charge in [-0.25, -0.2) is 18.3 Å². The molecule has 4 aromatic heterocycles. The Labute approximate surface area is 581 Å². The van der Waals surface area contributed by atoms with E-state index >= 15 is 0 Å². The molecule has 0 saturated carbocycles. The van der Waals surface area contributed by atoms with Crippen molar-refractivity contribution in [3.63, 3.8) is 0 Å². The lowest BCUT2D eigenvalue weighted by Gasteiger charge is -2.18. The molecule has 0 bridgehead atoms. The average molecular weight is 1270 g/mol. The monoisotopic (exact) mass is 1270 g/mol. The standard InChI is InChI=1S/C24H28N.2C23H26N.C22H24N/c1-18-8-6-7-9-22(18)23-16-21(14-15-25(23)5)20-12-10-19(11-13-20)17-24(2,3)4;2*1-17(2)15-19-9-11-20(12-10-19)21-13-14-24(4)23(16-21)22-8-6-5-7-18(22)3;1-16(2)18-9-7-10-19(14-18)20-12-13-23(4)22(15-20)21-11-6-5-8-17(21)3/h6-16H,17H2,1-5H3;2*5-14,16-17H,15H2,1-4H3;5-16H,1-4H3/q4*+1/i;15D2;;16D. The van der Waals surface area contributed by atoms with E-state index in [4.69, 9.17) is 4.11 Å². The highest BCUT2D eigenvalue weighted by molar-refractivity contribution is 5.74. The lowest BCUT2D eigenvalue weighted by molar-refractivity contribution is -0.660. The first-order chi connectivity index (χ1) is 47.0. The zero-order valence-corrected chi connectivity index (χ0v) is 60.3. The van der Waals surface area contributed by atoms with Crippen LogP contribution in [0.5, 0.6) is 0 Å². The molecule has 0 spiro atoms. The maximum absolute atomic E-state index is 8.27. The van der Waals surface area contributed by atoms with Gasteiger partial charge in [-0.3, -0.25) is 0 Å². The number of aromatic nitrogens is 4. The van der Waals surface area contributed by atoms with Crippen LogP contribution in [-0.2, 0) is 47.4 Å². The lowest BCUT2D eigenvalue weighted by atomic mass is 9.87. The molecule has 12 aromatic rings. The summed E-state index contributed by atoms with van der Waals surface area (Å²) < 4.78 is 33.5. The molecule has 0 N–H and O–H groups in total. The van der Waals surface area contributed by atoms with E-state index in [1.807, 2.05) is 64.1 Å². The zero-order valence-electron chi connectivity index (χ0n) is 63.3. The van der Waals surface area contributed by atoms with Crippen LogP contribution in [-0.4, -0.2) is 0 Å². The van der Waals surface area contributed by atoms with Gasteiger partial charge >= 0.3 is 0 Å². The molecule has 0 radical (unpaired) electrons. The van der Waals surface area contributed by atoms with Crippen molar-refractivity contribution in [1.29, 1.82) is 0 Å². The quantitative estimate of drug-likeness (QED) is 0.0965. The summed E-state index contributed by atoms with van der Waals surface area (Å²) >= 11 is 0. The van der Waals surface area contributed by atoms with E-state index in [1.54, 1.807) is 0 Å². The normalized spacial score (nSPS) is 11.9. The third-order valence-corrected chi connectivity index (χ3v) is 17.7. The Morgan fingerprint density at radius 1 is 0.323 bits per heavy atom. The highest BCUT2D eigenvalue weighted by Gasteiger charge is 2.19. The van der Waals surface area contributed by atoms with Crippen LogP contribution >= 0.6 is 0 Å². The number of benzene rings is 8. The SMILES string of the molecule is Cc1ccccc1-c1cc(-c2ccc(CC(C)(C)C)cc2)cc[n+]1C.Cc1ccccc1-c1cc(-c2ccc(CC(C)C)cc2)cc[n+]1C.[2H]C(C)(C)c1cccc(-c2cc[n+](C)c(-c3ccccc3C)c2)c1.[2H]C([2H])(c1ccc(-c2cc[n+](C)c(-c3ccccc3C)c2)cc1)C(C)C. The fourth-order valence-corrected chi connectivity index (χ4v) is 12.3. The molecule has 4 heteroatoms. The zero-order chi connectivity index (χ0) is 71.3. The Kier molecular flexibility index (Phi) is 22.6. The maximum Gasteiger partial charge on any atom is 0.213 e. The summed E-state index contributed by atoms with van der Waals surface area (Å²) in [7, 11) is 8.36. The Hall–Kier alpha value is -9.64. The molecular formula is C92H104N4+4. The number of nitrogens with zero attached hydrogens (tertiary/aromatic N) is 4. The summed E-state index contributed by atoms with van der Waals surface area (Å²) in [6.07, 6.45) is 9.42. The van der Waals surface area contributed by atoms with Crippen molar-refractivity contribution in [3.8, 4) is 89.5 Å². The Morgan fingerprint density at radius 3 is 0.927 bits per heavy atom. The summed E-state index contributed by atoms with van der Waals surface area (Å²) in [6, 6.07) is 85.9. The van der Waals surface area contributed by atoms with Crippen molar-refractivity contribution in [2.24, 2.45) is 45.4 Å². The van der Waals surface area contributed by atoms with Crippen LogP contribution in [0.1, 0.15) is 117 Å². The summed E-state index contributed by atoms with van der Waals surface area (Å²) in [5.41, 5.74) is 29.6. The largest absolute Gasteiger partial charge is 0.213 e. The lowest BCUT2D eigenvalue weighted by Crippen LogP contribution is -2.30. The first-order valence-electron chi connectivity index (χ1n) is 35.7. The highest BCUT2D eigenvalue weighted by Crippen LogP contribution is 2.32. The van der Waals surface area contributed by atoms with Gasteiger partial charge in [-0.05, 0) is 183 Å². The second-order valence-corrected chi connectivity index (χ2v) is 28.1. The van der Waals surface area contributed by atoms with Crippen molar-refractivity contribution in [1.82, 2.24) is 0 Å². The topological polar surface area (TPSA) is 15.5 Å². The van der Waals surface area contributed by atoms with Crippen molar-refractivity contribution < 1.29 is 22.4 Å². The van der Waals surface area contributed by atoms with Crippen molar-refractivity contribution in [2.75, 3.05) is 0 Å². The van der Waals surface area contributed by atoms with Crippen LogP contribution in [0.25, 0.3) is 89.5 Å². The third-order valence-electron chi connectivity index (χ3n) is 17.7. The van der Waals surface area contributed by atoms with E-state index in [2.05, 4.69) is 340 Å². The van der Waals surface area contributed by atoms with Gasteiger partial charge in [0.05, 0.1) is 0 Å². The Morgan fingerprint density at radius 2 is 0.625 bits per heavy atom. The minimum Gasteiger partial charge on any atom is -0.201 e. The van der Waals surface area contributed by atoms with Crippen LogP contribution in [0, 0.1) is 44.9 Å². The molecule has 8 aromatic carbocycles. The second kappa shape index (κ2) is 32.7. The van der Waals surface area contributed by atoms with Crippen molar-refractivity contribution in [3.05, 3.63) is 312 Å². The maximum atomic E-state index is 8.27. The molecule has 0 aliphatic carbocycles. The first-order valence-corrected chi connectivity index (χ1v) is 34.2. The molecule has 0 saturated heterocycles. The van der Waals surface area contributed by atoms with Crippen LogP contribution in [0.15, 0.2) is 267 Å². The molecule has 0 fully saturated rings. The number of rotatable bonds is 14. The van der Waals surface area contributed by atoms with Crippen LogP contribution in [0.2, 0.25) is 0 Å². The second-order valence-electron chi connectivity index (χ2n) is 28.1. The van der Waals surface area contributed by atoms with Gasteiger partial charge in [0, 0.05) is 74.9 Å². The predicted octanol–water partition coefficient (Wildman–Crippen LogP) is 21.7. The molecule has 12 rings (SSSR count). The summed E-state index contributed by atoms with van der Waals surface area (Å²) in [6.45, 7) is 27.7. The number of hydrogen-bond acceptors (Lipinski definition) is 0. The first kappa shape index (κ1) is 66.4. The molecule has 488 valence electrons. The molecule has 96 heavy (non-hydrogen) atoms. The van der Waals surface area contributed by atoms with Crippen molar-refractivity contribution >= 4 is 0 Å². The van der Waals surface area contributed by atoms with E-state index < -0.39 is 12.3 Å². The number of aryl methyl sites for hydroxylation is 8. The fraction of sp³-hybridized carbons (Fsp3) is 0.261. The van der Waals surface area contributed by atoms with Crippen molar-refractivity contribution in [2.45, 2.75) is 115 Å². The van der Waals surface area contributed by atoms with Crippen LogP contribution in [0.3, 0.4) is 0 Å². The summed E-state index contributed by atoms with van der Waals surface area (Å²) in [5.74, 6) is 0.0463. The third kappa shape index (κ3) is 19.1. The van der Waals surface area contributed by atoms with Gasteiger partial charge in [0.1, 0.15) is 28.2 Å². The van der Waals surface area contributed by atoms with Gasteiger partial charge in [0.2, 0.25) is 22.8 Å². The van der Waals surface area contributed by atoms with Gasteiger partial charge in [0.15, 0.2) is 24.8 Å². The number of hydrogen-bond donors (Lipinski definition) is 0. The van der Waals surface area contributed by atoms with Crippen LogP contribution < -0.4 is 18.3 Å². The molecule has 0 aliphatic heterocycles. The van der Waals surface area contributed by atoms with Gasteiger partial charge in [0.25, 0.3) is 0 Å². The van der Waals surface area contributed by atoms with E-state index in [1.165, 1.54) is 106 Å². The van der Waals surface area contributed by atoms with E-state index in [9.17, 15) is 0 Å². The fourth-order valence-electron chi connectivity index (χ4n) is 12.3. The Bertz CT molecular complexity index is 4680. The smallest absolute Gasteiger partial charge is 0.201 e. The van der Waals surface area contributed by atoms with Crippen LogP contribution in [0.4, 0.5) is 0 Å². The van der Waals surface area contributed by atoms with Gasteiger partial charge in [-0.2, -0.15) is 0 Å². The molecule has 0 atom stereocenters. The van der Waals surface area contributed by atoms with Gasteiger partial charge in [-0.15, -0.1) is 0 Å². The molecular weight excluding hydrogens is 1160 g/mol. The molecule has 0 amide bonds. The summed E-state index contributed by atoms with van der Waals surface area (Å²) in [4.78, 5) is 0.